The monoisotopic (exact) mass is 625 g/mol. The van der Waals surface area contributed by atoms with Crippen LogP contribution in [0.1, 0.15) is 71.7 Å². The number of halogens is 3. The average Bonchev–Trinajstić information content (AvgIpc) is 3.45. The number of aryl methyl sites for hydroxylation is 1. The molecule has 0 spiro atoms. The van der Waals surface area contributed by atoms with E-state index in [1.165, 1.54) is 12.1 Å². The van der Waals surface area contributed by atoms with Crippen LogP contribution in [0.15, 0.2) is 52.4 Å². The van der Waals surface area contributed by atoms with Gasteiger partial charge in [-0.2, -0.15) is 0 Å². The van der Waals surface area contributed by atoms with E-state index in [-0.39, 0.29) is 47.6 Å². The predicted molar refractivity (Wildman–Crippen MR) is 157 cm³/mol. The molecule has 3 fully saturated rings. The number of hydrogen-bond acceptors (Lipinski definition) is 8. The summed E-state index contributed by atoms with van der Waals surface area (Å²) in [6.07, 6.45) is 0.722. The van der Waals surface area contributed by atoms with Gasteiger partial charge in [0, 0.05) is 40.1 Å². The van der Waals surface area contributed by atoms with Gasteiger partial charge < -0.3 is 24.0 Å². The second kappa shape index (κ2) is 11.2. The second-order valence-corrected chi connectivity index (χ2v) is 12.6. The Hall–Kier alpha value is -3.90. The lowest BCUT2D eigenvalue weighted by Crippen LogP contribution is -2.45. The molecule has 7 rings (SSSR count). The first-order chi connectivity index (χ1) is 21.1. The van der Waals surface area contributed by atoms with Crippen molar-refractivity contribution in [1.82, 2.24) is 10.1 Å². The van der Waals surface area contributed by atoms with Crippen LogP contribution in [0.2, 0.25) is 0 Å². The minimum atomic E-state index is -4.83. The molecule has 3 aliphatic rings. The van der Waals surface area contributed by atoms with Crippen LogP contribution in [0.4, 0.5) is 18.3 Å². The Bertz CT molecular complexity index is 1680. The minimum absolute atomic E-state index is 0.0227. The minimum Gasteiger partial charge on any atom is -0.478 e. The van der Waals surface area contributed by atoms with Crippen molar-refractivity contribution in [2.75, 3.05) is 4.90 Å². The third-order valence-corrected chi connectivity index (χ3v) is 9.60. The summed E-state index contributed by atoms with van der Waals surface area (Å²) >= 11 is 1.59. The number of aromatic nitrogens is 2. The molecule has 2 aromatic carbocycles. The van der Waals surface area contributed by atoms with Crippen molar-refractivity contribution in [3.63, 3.8) is 0 Å². The Morgan fingerprint density at radius 1 is 1.09 bits per heavy atom. The number of para-hydroxylation sites is 1. The fourth-order valence-corrected chi connectivity index (χ4v) is 7.55. The number of carbonyl (C=O) groups is 1. The molecule has 0 radical (unpaired) electrons. The quantitative estimate of drug-likeness (QED) is 0.200. The molecule has 44 heavy (non-hydrogen) atoms. The maximum Gasteiger partial charge on any atom is 0.573 e. The fraction of sp³-hybridized carbons (Fsp3) is 0.406. The number of anilines is 1. The summed E-state index contributed by atoms with van der Waals surface area (Å²) in [5, 5.41) is 16.5. The van der Waals surface area contributed by atoms with Gasteiger partial charge in [0.2, 0.25) is 0 Å². The van der Waals surface area contributed by atoms with Gasteiger partial charge in [-0.1, -0.05) is 23.4 Å². The molecule has 1 saturated carbocycles. The molecular weight excluding hydrogens is 595 g/mol. The Labute approximate surface area is 255 Å². The van der Waals surface area contributed by atoms with Crippen molar-refractivity contribution < 1.29 is 37.1 Å². The van der Waals surface area contributed by atoms with Crippen LogP contribution in [0, 0.1) is 6.92 Å². The number of hydrogen-bond donors (Lipinski definition) is 1. The number of alkyl halides is 3. The zero-order valence-electron chi connectivity index (χ0n) is 23.8. The van der Waals surface area contributed by atoms with Crippen LogP contribution in [-0.4, -0.2) is 45.8 Å². The van der Waals surface area contributed by atoms with Gasteiger partial charge in [-0.15, -0.1) is 24.5 Å². The summed E-state index contributed by atoms with van der Waals surface area (Å²) in [6, 6.07) is 11.6. The molecule has 4 aromatic rings. The molecule has 230 valence electrons. The highest BCUT2D eigenvalue weighted by atomic mass is 32.1. The first-order valence-electron chi connectivity index (χ1n) is 14.7. The highest BCUT2D eigenvalue weighted by Crippen LogP contribution is 2.47. The number of thiazole rings is 1. The standard InChI is InChI=1S/C32H30F3N3O5S/c1-17-12-19(30(39)40)8-11-23(17)26-16-44-31(36-26)38-20-9-10-21(38)14-22(13-20)41-15-25-28(37-43-29(25)18-6-7-18)24-4-2-3-5-27(24)42-32(33,34)35/h2-5,8,11-12,16,18,20-22H,6-7,9-10,13-15H2,1H3,(H,39,40)/t20-,21+,22-. The van der Waals surface area contributed by atoms with Crippen LogP contribution in [0.5, 0.6) is 5.75 Å². The molecule has 4 heterocycles. The molecule has 1 N–H and O–H groups in total. The summed E-state index contributed by atoms with van der Waals surface area (Å²) in [5.74, 6) is -0.389. The van der Waals surface area contributed by atoms with Crippen molar-refractivity contribution in [2.24, 2.45) is 0 Å². The number of nitrogens with zero attached hydrogens (tertiary/aromatic N) is 3. The lowest BCUT2D eigenvalue weighted by Gasteiger charge is -2.38. The van der Waals surface area contributed by atoms with E-state index in [1.807, 2.05) is 18.4 Å². The Morgan fingerprint density at radius 2 is 1.84 bits per heavy atom. The normalized spacial score (nSPS) is 21.5. The highest BCUT2D eigenvalue weighted by Gasteiger charge is 2.43. The van der Waals surface area contributed by atoms with Gasteiger partial charge in [0.05, 0.1) is 24.0 Å². The number of fused-ring (bicyclic) bond motifs is 2. The fourth-order valence-electron chi connectivity index (χ4n) is 6.58. The number of piperidine rings is 1. The molecule has 8 nitrogen and oxygen atoms in total. The second-order valence-electron chi connectivity index (χ2n) is 11.7. The number of carboxylic acid groups (broad SMARTS) is 1. The number of aromatic carboxylic acids is 1. The molecule has 2 aromatic heterocycles. The topological polar surface area (TPSA) is 97.9 Å². The van der Waals surface area contributed by atoms with Gasteiger partial charge in [-0.3, -0.25) is 0 Å². The van der Waals surface area contributed by atoms with Crippen LogP contribution < -0.4 is 9.64 Å². The van der Waals surface area contributed by atoms with Gasteiger partial charge in [-0.25, -0.2) is 9.78 Å². The molecule has 2 saturated heterocycles. The summed E-state index contributed by atoms with van der Waals surface area (Å²) in [5.41, 5.74) is 4.11. The molecular formula is C32H30F3N3O5S. The molecule has 3 atom stereocenters. The third-order valence-electron chi connectivity index (χ3n) is 8.75. The SMILES string of the molecule is Cc1cc(C(=O)O)ccc1-c1csc(N2[C@@H]3CC[C@H]2C[C@H](OCc2c(-c4ccccc4OC(F)(F)F)noc2C2CC2)C3)n1. The van der Waals surface area contributed by atoms with Gasteiger partial charge in [-0.05, 0) is 75.3 Å². The van der Waals surface area contributed by atoms with Crippen LogP contribution >= 0.6 is 11.3 Å². The van der Waals surface area contributed by atoms with E-state index in [0.29, 0.717) is 17.0 Å². The molecule has 0 unspecified atom stereocenters. The number of carboxylic acids is 1. The summed E-state index contributed by atoms with van der Waals surface area (Å²) in [7, 11) is 0. The highest BCUT2D eigenvalue weighted by molar-refractivity contribution is 7.14. The largest absolute Gasteiger partial charge is 0.573 e. The van der Waals surface area contributed by atoms with Crippen molar-refractivity contribution in [3.8, 4) is 28.3 Å². The van der Waals surface area contributed by atoms with E-state index >= 15 is 0 Å². The number of rotatable bonds is 9. The van der Waals surface area contributed by atoms with E-state index < -0.39 is 12.3 Å². The predicted octanol–water partition coefficient (Wildman–Crippen LogP) is 7.96. The van der Waals surface area contributed by atoms with Gasteiger partial charge in [0.1, 0.15) is 17.2 Å². The van der Waals surface area contributed by atoms with E-state index in [0.717, 1.165) is 60.5 Å². The maximum atomic E-state index is 13.1. The Morgan fingerprint density at radius 3 is 2.52 bits per heavy atom. The van der Waals surface area contributed by atoms with Gasteiger partial charge >= 0.3 is 12.3 Å². The first-order valence-corrected chi connectivity index (χ1v) is 15.6. The zero-order valence-corrected chi connectivity index (χ0v) is 24.7. The van der Waals surface area contributed by atoms with Crippen LogP contribution in [0.3, 0.4) is 0 Å². The van der Waals surface area contributed by atoms with Crippen molar-refractivity contribution in [1.29, 1.82) is 0 Å². The lowest BCUT2D eigenvalue weighted by atomic mass is 9.99. The molecule has 0 amide bonds. The van der Waals surface area contributed by atoms with Crippen molar-refractivity contribution in [2.45, 2.75) is 82.5 Å². The van der Waals surface area contributed by atoms with Crippen LogP contribution in [0.25, 0.3) is 22.5 Å². The van der Waals surface area contributed by atoms with E-state index in [1.54, 1.807) is 35.6 Å². The maximum absolute atomic E-state index is 13.1. The van der Waals surface area contributed by atoms with Crippen molar-refractivity contribution >= 4 is 22.4 Å². The smallest absolute Gasteiger partial charge is 0.478 e. The van der Waals surface area contributed by atoms with Gasteiger partial charge in [0.15, 0.2) is 5.13 Å². The summed E-state index contributed by atoms with van der Waals surface area (Å²) in [6.45, 7) is 2.09. The van der Waals surface area contributed by atoms with Crippen molar-refractivity contribution in [3.05, 3.63) is 70.3 Å². The molecule has 2 aliphatic heterocycles. The van der Waals surface area contributed by atoms with E-state index in [9.17, 15) is 23.1 Å². The first kappa shape index (κ1) is 28.8. The average molecular weight is 626 g/mol. The van der Waals surface area contributed by atoms with E-state index in [2.05, 4.69) is 14.8 Å². The molecule has 2 bridgehead atoms. The molecule has 1 aliphatic carbocycles. The van der Waals surface area contributed by atoms with E-state index in [4.69, 9.17) is 14.2 Å². The van der Waals surface area contributed by atoms with Crippen LogP contribution in [-0.2, 0) is 11.3 Å². The number of ether oxygens (including phenoxy) is 2. The third kappa shape index (κ3) is 5.68. The lowest BCUT2D eigenvalue weighted by molar-refractivity contribution is -0.274. The number of benzene rings is 2. The summed E-state index contributed by atoms with van der Waals surface area (Å²) in [4.78, 5) is 18.7. The Balaban J connectivity index is 1.07. The zero-order chi connectivity index (χ0) is 30.6. The molecule has 12 heteroatoms. The Kier molecular flexibility index (Phi) is 7.36. The van der Waals surface area contributed by atoms with Gasteiger partial charge in [0.25, 0.3) is 0 Å². The summed E-state index contributed by atoms with van der Waals surface area (Å²) < 4.78 is 55.9.